The summed E-state index contributed by atoms with van der Waals surface area (Å²) in [6.07, 6.45) is 4.26. The summed E-state index contributed by atoms with van der Waals surface area (Å²) in [6, 6.07) is 16.6. The molecule has 2 saturated heterocycles. The van der Waals surface area contributed by atoms with Gasteiger partial charge in [0.05, 0.1) is 38.6 Å². The molecule has 168 valence electrons. The second-order valence-electron chi connectivity index (χ2n) is 9.73. The molecule has 2 heterocycles. The van der Waals surface area contributed by atoms with Crippen LogP contribution in [0.2, 0.25) is 0 Å². The Morgan fingerprint density at radius 3 is 1.32 bits per heavy atom. The predicted molar refractivity (Wildman–Crippen MR) is 123 cm³/mol. The van der Waals surface area contributed by atoms with Crippen molar-refractivity contribution in [1.82, 2.24) is 0 Å². The average molecular weight is 425 g/mol. The Labute approximate surface area is 186 Å². The maximum Gasteiger partial charge on any atom is 0.118 e. The van der Waals surface area contributed by atoms with E-state index < -0.39 is 0 Å². The minimum Gasteiger partial charge on any atom is -0.497 e. The van der Waals surface area contributed by atoms with Crippen molar-refractivity contribution in [1.29, 1.82) is 0 Å². The molecular weight excluding hydrogens is 388 g/mol. The lowest BCUT2D eigenvalue weighted by Gasteiger charge is -2.55. The lowest BCUT2D eigenvalue weighted by molar-refractivity contribution is -0.254. The SMILES string of the molecule is COc1ccc(C2OC(C)C2(C)CCCC2(C)C(C)OC2c2ccc(OC)cc2)cc1. The van der Waals surface area contributed by atoms with Gasteiger partial charge in [0.1, 0.15) is 11.5 Å². The first kappa shape index (κ1) is 22.2. The van der Waals surface area contributed by atoms with E-state index in [1.807, 2.05) is 24.3 Å². The van der Waals surface area contributed by atoms with Crippen LogP contribution in [0.1, 0.15) is 70.3 Å². The lowest BCUT2D eigenvalue weighted by Crippen LogP contribution is -2.52. The Kier molecular flexibility index (Phi) is 6.06. The molecule has 2 fully saturated rings. The average Bonchev–Trinajstić information content (AvgIpc) is 2.80. The number of rotatable bonds is 8. The highest BCUT2D eigenvalue weighted by molar-refractivity contribution is 5.32. The van der Waals surface area contributed by atoms with Crippen LogP contribution < -0.4 is 9.47 Å². The van der Waals surface area contributed by atoms with E-state index in [9.17, 15) is 0 Å². The minimum atomic E-state index is 0.147. The molecule has 6 atom stereocenters. The lowest BCUT2D eigenvalue weighted by atomic mass is 9.64. The number of methoxy groups -OCH3 is 2. The molecule has 0 aliphatic carbocycles. The van der Waals surface area contributed by atoms with Crippen LogP contribution in [0.5, 0.6) is 11.5 Å². The second-order valence-corrected chi connectivity index (χ2v) is 9.73. The van der Waals surface area contributed by atoms with E-state index in [0.717, 1.165) is 30.8 Å². The highest BCUT2D eigenvalue weighted by Crippen LogP contribution is 2.58. The van der Waals surface area contributed by atoms with Crippen molar-refractivity contribution in [2.45, 2.75) is 71.4 Å². The fourth-order valence-corrected chi connectivity index (χ4v) is 5.31. The van der Waals surface area contributed by atoms with Gasteiger partial charge in [-0.05, 0) is 62.1 Å². The van der Waals surface area contributed by atoms with Crippen molar-refractivity contribution in [3.05, 3.63) is 59.7 Å². The topological polar surface area (TPSA) is 36.9 Å². The van der Waals surface area contributed by atoms with Crippen LogP contribution in [-0.2, 0) is 9.47 Å². The Balaban J connectivity index is 1.40. The van der Waals surface area contributed by atoms with Crippen LogP contribution in [-0.4, -0.2) is 26.4 Å². The van der Waals surface area contributed by atoms with Gasteiger partial charge in [0.15, 0.2) is 0 Å². The van der Waals surface area contributed by atoms with Gasteiger partial charge in [0.25, 0.3) is 0 Å². The number of benzene rings is 2. The monoisotopic (exact) mass is 424 g/mol. The van der Waals surface area contributed by atoms with Gasteiger partial charge in [0.2, 0.25) is 0 Å². The number of ether oxygens (including phenoxy) is 4. The van der Waals surface area contributed by atoms with Crippen LogP contribution >= 0.6 is 0 Å². The Morgan fingerprint density at radius 1 is 0.677 bits per heavy atom. The number of hydrogen-bond donors (Lipinski definition) is 0. The van der Waals surface area contributed by atoms with Crippen molar-refractivity contribution >= 4 is 0 Å². The Morgan fingerprint density at radius 2 is 1.03 bits per heavy atom. The first-order valence-electron chi connectivity index (χ1n) is 11.4. The largest absolute Gasteiger partial charge is 0.497 e. The van der Waals surface area contributed by atoms with E-state index >= 15 is 0 Å². The quantitative estimate of drug-likeness (QED) is 0.484. The molecule has 0 spiro atoms. The molecule has 0 N–H and O–H groups in total. The molecule has 31 heavy (non-hydrogen) atoms. The van der Waals surface area contributed by atoms with Crippen LogP contribution in [0.25, 0.3) is 0 Å². The fourth-order valence-electron chi connectivity index (χ4n) is 5.31. The standard InChI is InChI=1S/C27H36O4/c1-18-26(3,24(30-18)20-8-12-22(28-5)13-9-20)16-7-17-27(4)19(2)31-25(27)21-10-14-23(29-6)15-11-21/h8-15,18-19,24-25H,7,16-17H2,1-6H3. The Hall–Kier alpha value is -2.04. The molecule has 4 heteroatoms. The van der Waals surface area contributed by atoms with E-state index in [4.69, 9.17) is 18.9 Å². The normalized spacial score (nSPS) is 34.5. The molecule has 0 amide bonds. The van der Waals surface area contributed by atoms with Gasteiger partial charge in [-0.2, -0.15) is 0 Å². The van der Waals surface area contributed by atoms with E-state index in [1.165, 1.54) is 11.1 Å². The fraction of sp³-hybridized carbons (Fsp3) is 0.556. The molecule has 0 bridgehead atoms. The van der Waals surface area contributed by atoms with Crippen molar-refractivity contribution in [2.75, 3.05) is 14.2 Å². The highest BCUT2D eigenvalue weighted by atomic mass is 16.5. The van der Waals surface area contributed by atoms with E-state index in [1.54, 1.807) is 14.2 Å². The maximum atomic E-state index is 6.19. The molecule has 0 saturated carbocycles. The zero-order valence-corrected chi connectivity index (χ0v) is 19.7. The molecule has 2 aromatic carbocycles. The third-order valence-corrected chi connectivity index (χ3v) is 8.00. The molecule has 4 rings (SSSR count). The minimum absolute atomic E-state index is 0.147. The Bertz CT molecular complexity index is 804. The van der Waals surface area contributed by atoms with Gasteiger partial charge in [-0.15, -0.1) is 0 Å². The van der Waals surface area contributed by atoms with Crippen LogP contribution in [0.4, 0.5) is 0 Å². The molecule has 2 aliphatic rings. The zero-order valence-electron chi connectivity index (χ0n) is 19.7. The van der Waals surface area contributed by atoms with Crippen molar-refractivity contribution < 1.29 is 18.9 Å². The summed E-state index contributed by atoms with van der Waals surface area (Å²) >= 11 is 0. The smallest absolute Gasteiger partial charge is 0.118 e. The predicted octanol–water partition coefficient (Wildman–Crippen LogP) is 6.51. The maximum absolute atomic E-state index is 6.19. The summed E-state index contributed by atoms with van der Waals surface area (Å²) in [5.74, 6) is 1.77. The summed E-state index contributed by atoms with van der Waals surface area (Å²) < 4.78 is 23.0. The molecule has 6 unspecified atom stereocenters. The molecule has 0 radical (unpaired) electrons. The second kappa shape index (κ2) is 8.48. The van der Waals surface area contributed by atoms with Crippen molar-refractivity contribution in [2.24, 2.45) is 10.8 Å². The first-order chi connectivity index (χ1) is 14.8. The molecule has 2 aliphatic heterocycles. The van der Waals surface area contributed by atoms with Crippen LogP contribution in [0.3, 0.4) is 0 Å². The molecule has 0 aromatic heterocycles. The summed E-state index contributed by atoms with van der Waals surface area (Å²) in [4.78, 5) is 0. The summed E-state index contributed by atoms with van der Waals surface area (Å²) in [7, 11) is 3.40. The van der Waals surface area contributed by atoms with Gasteiger partial charge in [0, 0.05) is 10.8 Å². The highest BCUT2D eigenvalue weighted by Gasteiger charge is 2.53. The van der Waals surface area contributed by atoms with Gasteiger partial charge in [-0.1, -0.05) is 44.5 Å². The summed E-state index contributed by atoms with van der Waals surface area (Å²) in [6.45, 7) is 9.16. The van der Waals surface area contributed by atoms with Gasteiger partial charge in [-0.25, -0.2) is 0 Å². The van der Waals surface area contributed by atoms with Crippen LogP contribution in [0, 0.1) is 10.8 Å². The molecular formula is C27H36O4. The van der Waals surface area contributed by atoms with Crippen LogP contribution in [0.15, 0.2) is 48.5 Å². The molecule has 2 aromatic rings. The number of hydrogen-bond acceptors (Lipinski definition) is 4. The van der Waals surface area contributed by atoms with E-state index in [0.29, 0.717) is 0 Å². The van der Waals surface area contributed by atoms with Crippen molar-refractivity contribution in [3.8, 4) is 11.5 Å². The van der Waals surface area contributed by atoms with Crippen molar-refractivity contribution in [3.63, 3.8) is 0 Å². The molecule has 4 nitrogen and oxygen atoms in total. The van der Waals surface area contributed by atoms with Gasteiger partial charge < -0.3 is 18.9 Å². The summed E-state index contributed by atoms with van der Waals surface area (Å²) in [5, 5.41) is 0. The van der Waals surface area contributed by atoms with E-state index in [2.05, 4.69) is 52.0 Å². The van der Waals surface area contributed by atoms with E-state index in [-0.39, 0.29) is 35.2 Å². The third-order valence-electron chi connectivity index (χ3n) is 8.00. The van der Waals surface area contributed by atoms with Gasteiger partial charge >= 0.3 is 0 Å². The third kappa shape index (κ3) is 3.85. The first-order valence-corrected chi connectivity index (χ1v) is 11.4. The zero-order chi connectivity index (χ0) is 22.2. The summed E-state index contributed by atoms with van der Waals surface area (Å²) in [5.41, 5.74) is 2.77. The van der Waals surface area contributed by atoms with Gasteiger partial charge in [-0.3, -0.25) is 0 Å².